The highest BCUT2D eigenvalue weighted by Crippen LogP contribution is 2.00. The van der Waals surface area contributed by atoms with Crippen molar-refractivity contribution >= 4 is 11.9 Å². The zero-order valence-corrected chi connectivity index (χ0v) is 9.14. The maximum atomic E-state index is 11.5. The van der Waals surface area contributed by atoms with Crippen molar-refractivity contribution in [3.8, 4) is 0 Å². The molecule has 0 saturated heterocycles. The van der Waals surface area contributed by atoms with Gasteiger partial charge in [-0.1, -0.05) is 6.92 Å². The topological polar surface area (TPSA) is 67.4 Å². The number of esters is 1. The van der Waals surface area contributed by atoms with Crippen LogP contribution in [0.1, 0.15) is 20.8 Å². The molecule has 2 N–H and O–H groups in total. The Hall–Kier alpha value is -1.10. The van der Waals surface area contributed by atoms with Gasteiger partial charge in [0.2, 0.25) is 5.91 Å². The minimum Gasteiger partial charge on any atom is -0.468 e. The van der Waals surface area contributed by atoms with Crippen LogP contribution >= 0.6 is 0 Å². The molecule has 0 spiro atoms. The fourth-order valence-corrected chi connectivity index (χ4v) is 0.968. The van der Waals surface area contributed by atoms with Crippen LogP contribution in [0.15, 0.2) is 0 Å². The van der Waals surface area contributed by atoms with Crippen molar-refractivity contribution < 1.29 is 14.3 Å². The third-order valence-electron chi connectivity index (χ3n) is 1.81. The monoisotopic (exact) mass is 202 g/mol. The van der Waals surface area contributed by atoms with E-state index in [1.807, 2.05) is 6.92 Å². The lowest BCUT2D eigenvalue weighted by atomic mass is 10.0. The maximum absolute atomic E-state index is 11.5. The van der Waals surface area contributed by atoms with Gasteiger partial charge in [0.05, 0.1) is 12.6 Å². The van der Waals surface area contributed by atoms with E-state index in [0.717, 1.165) is 0 Å². The number of hydrogen-bond donors (Lipinski definition) is 2. The minimum atomic E-state index is -0.664. The summed E-state index contributed by atoms with van der Waals surface area (Å²) in [7, 11) is 1.28. The Balaban J connectivity index is 4.01. The highest BCUT2D eigenvalue weighted by atomic mass is 16.5. The molecule has 1 amide bonds. The van der Waals surface area contributed by atoms with Crippen molar-refractivity contribution in [3.63, 3.8) is 0 Å². The molecule has 0 aromatic carbocycles. The lowest BCUT2D eigenvalue weighted by Gasteiger charge is -2.23. The van der Waals surface area contributed by atoms with E-state index in [0.29, 0.717) is 6.54 Å². The van der Waals surface area contributed by atoms with Gasteiger partial charge in [-0.15, -0.1) is 0 Å². The second-order valence-corrected chi connectivity index (χ2v) is 3.41. The van der Waals surface area contributed by atoms with Crippen molar-refractivity contribution in [3.05, 3.63) is 0 Å². The first-order chi connectivity index (χ1) is 6.44. The summed E-state index contributed by atoms with van der Waals surface area (Å²) in [6.45, 7) is 6.02. The summed E-state index contributed by atoms with van der Waals surface area (Å²) in [5.74, 6) is -0.671. The van der Waals surface area contributed by atoms with Crippen LogP contribution < -0.4 is 10.6 Å². The third kappa shape index (κ3) is 4.23. The SMILES string of the molecule is CCNC(C)(C)C(=O)NCC(=O)OC. The summed E-state index contributed by atoms with van der Waals surface area (Å²) in [4.78, 5) is 22.2. The summed E-state index contributed by atoms with van der Waals surface area (Å²) in [6.07, 6.45) is 0. The minimum absolute atomic E-state index is 0.0931. The van der Waals surface area contributed by atoms with Gasteiger partial charge < -0.3 is 15.4 Å². The summed E-state index contributed by atoms with van der Waals surface area (Å²) in [5, 5.41) is 5.48. The van der Waals surface area contributed by atoms with Crippen molar-refractivity contribution in [1.82, 2.24) is 10.6 Å². The van der Waals surface area contributed by atoms with Crippen LogP contribution in [0.25, 0.3) is 0 Å². The average Bonchev–Trinajstić information content (AvgIpc) is 2.13. The van der Waals surface area contributed by atoms with E-state index in [1.54, 1.807) is 13.8 Å². The van der Waals surface area contributed by atoms with E-state index in [1.165, 1.54) is 7.11 Å². The molecular formula is C9H18N2O3. The maximum Gasteiger partial charge on any atom is 0.325 e. The fraction of sp³-hybridized carbons (Fsp3) is 0.778. The van der Waals surface area contributed by atoms with Crippen LogP contribution in [0.3, 0.4) is 0 Å². The second-order valence-electron chi connectivity index (χ2n) is 3.41. The van der Waals surface area contributed by atoms with Gasteiger partial charge >= 0.3 is 5.97 Å². The van der Waals surface area contributed by atoms with Gasteiger partial charge in [0, 0.05) is 0 Å². The van der Waals surface area contributed by atoms with Crippen LogP contribution in [0.5, 0.6) is 0 Å². The van der Waals surface area contributed by atoms with Gasteiger partial charge in [-0.2, -0.15) is 0 Å². The number of nitrogens with one attached hydrogen (secondary N) is 2. The molecule has 0 aromatic heterocycles. The normalized spacial score (nSPS) is 10.9. The van der Waals surface area contributed by atoms with Crippen molar-refractivity contribution in [2.24, 2.45) is 0 Å². The van der Waals surface area contributed by atoms with Crippen LogP contribution in [-0.4, -0.2) is 37.6 Å². The Bertz CT molecular complexity index is 214. The highest BCUT2D eigenvalue weighted by molar-refractivity contribution is 5.88. The van der Waals surface area contributed by atoms with E-state index < -0.39 is 11.5 Å². The van der Waals surface area contributed by atoms with E-state index in [9.17, 15) is 9.59 Å². The molecule has 0 rings (SSSR count). The molecule has 5 heteroatoms. The van der Waals surface area contributed by atoms with Gasteiger partial charge in [-0.25, -0.2) is 0 Å². The molecule has 82 valence electrons. The molecule has 0 aliphatic rings. The molecule has 14 heavy (non-hydrogen) atoms. The molecule has 0 radical (unpaired) electrons. The van der Waals surface area contributed by atoms with Crippen LogP contribution in [-0.2, 0) is 14.3 Å². The first kappa shape index (κ1) is 12.9. The largest absolute Gasteiger partial charge is 0.468 e. The molecule has 0 saturated carbocycles. The predicted molar refractivity (Wildman–Crippen MR) is 52.8 cm³/mol. The first-order valence-corrected chi connectivity index (χ1v) is 4.54. The van der Waals surface area contributed by atoms with Crippen molar-refractivity contribution in [1.29, 1.82) is 0 Å². The smallest absolute Gasteiger partial charge is 0.325 e. The van der Waals surface area contributed by atoms with Crippen LogP contribution in [0, 0.1) is 0 Å². The highest BCUT2D eigenvalue weighted by Gasteiger charge is 2.26. The second kappa shape index (κ2) is 5.59. The number of rotatable bonds is 5. The number of methoxy groups -OCH3 is 1. The molecule has 0 bridgehead atoms. The standard InChI is InChI=1S/C9H18N2O3/c1-5-11-9(2,3)8(13)10-6-7(12)14-4/h11H,5-6H2,1-4H3,(H,10,13). The quantitative estimate of drug-likeness (QED) is 0.599. The Morgan fingerprint density at radius 2 is 1.93 bits per heavy atom. The molecule has 0 atom stereocenters. The number of carbonyl (C=O) groups excluding carboxylic acids is 2. The summed E-state index contributed by atoms with van der Waals surface area (Å²) < 4.78 is 4.40. The average molecular weight is 202 g/mol. The molecule has 0 unspecified atom stereocenters. The Labute approximate surface area is 84.2 Å². The van der Waals surface area contributed by atoms with E-state index in [2.05, 4.69) is 15.4 Å². The van der Waals surface area contributed by atoms with Gasteiger partial charge in [0.1, 0.15) is 6.54 Å². The molecule has 0 fully saturated rings. The zero-order chi connectivity index (χ0) is 11.2. The van der Waals surface area contributed by atoms with Crippen LogP contribution in [0.4, 0.5) is 0 Å². The van der Waals surface area contributed by atoms with Gasteiger partial charge in [0.25, 0.3) is 0 Å². The lowest BCUT2D eigenvalue weighted by molar-refractivity contribution is -0.141. The van der Waals surface area contributed by atoms with Crippen molar-refractivity contribution in [2.75, 3.05) is 20.2 Å². The summed E-state index contributed by atoms with van der Waals surface area (Å²) >= 11 is 0. The summed E-state index contributed by atoms with van der Waals surface area (Å²) in [6, 6.07) is 0. The van der Waals surface area contributed by atoms with E-state index in [-0.39, 0.29) is 12.5 Å². The fourth-order valence-electron chi connectivity index (χ4n) is 0.968. The number of hydrogen-bond acceptors (Lipinski definition) is 4. The predicted octanol–water partition coefficient (Wildman–Crippen LogP) is -0.336. The molecule has 5 nitrogen and oxygen atoms in total. The zero-order valence-electron chi connectivity index (χ0n) is 9.14. The first-order valence-electron chi connectivity index (χ1n) is 4.54. The lowest BCUT2D eigenvalue weighted by Crippen LogP contribution is -2.53. The van der Waals surface area contributed by atoms with Gasteiger partial charge in [-0.3, -0.25) is 9.59 Å². The van der Waals surface area contributed by atoms with Crippen LogP contribution in [0.2, 0.25) is 0 Å². The van der Waals surface area contributed by atoms with E-state index >= 15 is 0 Å². The third-order valence-corrected chi connectivity index (χ3v) is 1.81. The Morgan fingerprint density at radius 3 is 2.36 bits per heavy atom. The number of likely N-dealkylation sites (N-methyl/N-ethyl adjacent to an activating group) is 1. The number of amides is 1. The molecular weight excluding hydrogens is 184 g/mol. The Morgan fingerprint density at radius 1 is 1.36 bits per heavy atom. The van der Waals surface area contributed by atoms with Gasteiger partial charge in [0.15, 0.2) is 0 Å². The molecule has 0 aliphatic carbocycles. The van der Waals surface area contributed by atoms with Crippen molar-refractivity contribution in [2.45, 2.75) is 26.3 Å². The molecule has 0 aromatic rings. The van der Waals surface area contributed by atoms with Gasteiger partial charge in [-0.05, 0) is 20.4 Å². The number of carbonyl (C=O) groups is 2. The number of ether oxygens (including phenoxy) is 1. The molecule has 0 aliphatic heterocycles. The summed E-state index contributed by atoms with van der Waals surface area (Å²) in [5.41, 5.74) is -0.664. The van der Waals surface area contributed by atoms with E-state index in [4.69, 9.17) is 0 Å². The Kier molecular flexibility index (Phi) is 5.15. The molecule has 0 heterocycles.